The number of benzene rings is 1. The number of likely N-dealkylation sites (tertiary alicyclic amines) is 1. The summed E-state index contributed by atoms with van der Waals surface area (Å²) in [5, 5.41) is 11.9. The molecule has 2 amide bonds. The third kappa shape index (κ3) is 5.21. The number of carbonyl (C=O) groups excluding carboxylic acids is 1. The molecule has 0 spiro atoms. The first kappa shape index (κ1) is 21.0. The average Bonchev–Trinajstić information content (AvgIpc) is 2.72. The second kappa shape index (κ2) is 9.67. The number of urea groups is 1. The van der Waals surface area contributed by atoms with E-state index in [9.17, 15) is 9.18 Å². The molecular formula is C21H33FN4O2. The Bertz CT molecular complexity index is 654. The van der Waals surface area contributed by atoms with Crippen LogP contribution in [0.5, 0.6) is 0 Å². The van der Waals surface area contributed by atoms with Gasteiger partial charge >= 0.3 is 6.03 Å². The van der Waals surface area contributed by atoms with Crippen molar-refractivity contribution in [3.63, 3.8) is 0 Å². The number of carbonyl (C=O) groups is 1. The van der Waals surface area contributed by atoms with Gasteiger partial charge in [0.05, 0.1) is 6.61 Å². The number of aliphatic hydroxyl groups excluding tert-OH is 1. The number of aliphatic hydroxyl groups is 1. The fourth-order valence-corrected chi connectivity index (χ4v) is 4.17. The summed E-state index contributed by atoms with van der Waals surface area (Å²) in [4.78, 5) is 19.4. The zero-order valence-corrected chi connectivity index (χ0v) is 17.0. The topological polar surface area (TPSA) is 59.0 Å². The van der Waals surface area contributed by atoms with E-state index in [-0.39, 0.29) is 18.2 Å². The van der Waals surface area contributed by atoms with Gasteiger partial charge in [0.25, 0.3) is 0 Å². The van der Waals surface area contributed by atoms with Crippen LogP contribution in [-0.2, 0) is 13.2 Å². The van der Waals surface area contributed by atoms with Crippen LogP contribution in [0.25, 0.3) is 0 Å². The van der Waals surface area contributed by atoms with Gasteiger partial charge in [0.2, 0.25) is 0 Å². The van der Waals surface area contributed by atoms with Crippen molar-refractivity contribution in [2.75, 3.05) is 39.3 Å². The summed E-state index contributed by atoms with van der Waals surface area (Å²) < 4.78 is 13.7. The molecule has 2 saturated heterocycles. The second-order valence-electron chi connectivity index (χ2n) is 8.13. The van der Waals surface area contributed by atoms with E-state index in [0.29, 0.717) is 24.2 Å². The molecular weight excluding hydrogens is 359 g/mol. The summed E-state index contributed by atoms with van der Waals surface area (Å²) in [7, 11) is 0. The lowest BCUT2D eigenvalue weighted by molar-refractivity contribution is 0.0538. The molecule has 156 valence electrons. The van der Waals surface area contributed by atoms with Crippen molar-refractivity contribution in [1.29, 1.82) is 0 Å². The van der Waals surface area contributed by atoms with Crippen molar-refractivity contribution in [2.45, 2.75) is 51.9 Å². The molecule has 2 N–H and O–H groups in total. The van der Waals surface area contributed by atoms with Gasteiger partial charge in [-0.1, -0.05) is 12.1 Å². The molecule has 3 rings (SSSR count). The average molecular weight is 393 g/mol. The Balaban J connectivity index is 1.41. The third-order valence-corrected chi connectivity index (χ3v) is 6.08. The predicted octanol–water partition coefficient (Wildman–Crippen LogP) is 2.02. The smallest absolute Gasteiger partial charge is 0.317 e. The van der Waals surface area contributed by atoms with Crippen molar-refractivity contribution < 1.29 is 14.3 Å². The maximum absolute atomic E-state index is 13.7. The summed E-state index contributed by atoms with van der Waals surface area (Å²) in [6.07, 6.45) is 2.02. The zero-order valence-electron chi connectivity index (χ0n) is 17.0. The summed E-state index contributed by atoms with van der Waals surface area (Å²) in [6, 6.07) is 5.75. The van der Waals surface area contributed by atoms with Crippen LogP contribution in [0.3, 0.4) is 0 Å². The molecule has 2 aliphatic rings. The first-order chi connectivity index (χ1) is 13.5. The molecule has 1 aromatic carbocycles. The molecule has 0 radical (unpaired) electrons. The van der Waals surface area contributed by atoms with Crippen molar-refractivity contribution in [3.8, 4) is 0 Å². The van der Waals surface area contributed by atoms with E-state index in [2.05, 4.69) is 29.0 Å². The highest BCUT2D eigenvalue weighted by Gasteiger charge is 2.29. The standard InChI is InChI=1S/C21H33FN4O2/c1-16(2)24-9-11-25(12-10-24)19-5-7-26(8-6-19)21(28)23-14-17-3-4-18(15-27)20(22)13-17/h3-4,13,16,19,27H,5-12,14-15H2,1-2H3,(H,23,28). The van der Waals surface area contributed by atoms with Gasteiger partial charge in [0.15, 0.2) is 0 Å². The van der Waals surface area contributed by atoms with Crippen LogP contribution in [-0.4, -0.2) is 77.2 Å². The number of nitrogens with zero attached hydrogens (tertiary/aromatic N) is 3. The summed E-state index contributed by atoms with van der Waals surface area (Å²) in [5.41, 5.74) is 0.965. The van der Waals surface area contributed by atoms with Crippen LogP contribution in [0.1, 0.15) is 37.8 Å². The van der Waals surface area contributed by atoms with Crippen LogP contribution in [0.4, 0.5) is 9.18 Å². The van der Waals surface area contributed by atoms with Crippen LogP contribution in [0, 0.1) is 5.82 Å². The second-order valence-corrected chi connectivity index (χ2v) is 8.13. The van der Waals surface area contributed by atoms with Gasteiger partial charge in [0.1, 0.15) is 5.82 Å². The van der Waals surface area contributed by atoms with Crippen molar-refractivity contribution >= 4 is 6.03 Å². The molecule has 7 heteroatoms. The van der Waals surface area contributed by atoms with Gasteiger partial charge in [-0.3, -0.25) is 9.80 Å². The number of piperidine rings is 1. The molecule has 6 nitrogen and oxygen atoms in total. The minimum atomic E-state index is -0.437. The van der Waals surface area contributed by atoms with E-state index in [1.807, 2.05) is 4.90 Å². The van der Waals surface area contributed by atoms with Gasteiger partial charge in [0, 0.05) is 63.5 Å². The minimum absolute atomic E-state index is 0.0882. The van der Waals surface area contributed by atoms with E-state index < -0.39 is 5.82 Å². The van der Waals surface area contributed by atoms with Gasteiger partial charge < -0.3 is 15.3 Å². The Morgan fingerprint density at radius 3 is 2.43 bits per heavy atom. The minimum Gasteiger partial charge on any atom is -0.392 e. The lowest BCUT2D eigenvalue weighted by Gasteiger charge is -2.43. The summed E-state index contributed by atoms with van der Waals surface area (Å²) >= 11 is 0. The molecule has 28 heavy (non-hydrogen) atoms. The quantitative estimate of drug-likeness (QED) is 0.805. The molecule has 1 aromatic rings. The molecule has 0 atom stereocenters. The highest BCUT2D eigenvalue weighted by Crippen LogP contribution is 2.19. The Morgan fingerprint density at radius 1 is 1.18 bits per heavy atom. The van der Waals surface area contributed by atoms with E-state index in [0.717, 1.165) is 52.1 Å². The van der Waals surface area contributed by atoms with E-state index >= 15 is 0 Å². The molecule has 2 heterocycles. The van der Waals surface area contributed by atoms with Crippen molar-refractivity contribution in [1.82, 2.24) is 20.0 Å². The van der Waals surface area contributed by atoms with Crippen LogP contribution in [0.2, 0.25) is 0 Å². The normalized spacial score (nSPS) is 20.0. The Hall–Kier alpha value is -1.70. The molecule has 0 aromatic heterocycles. The van der Waals surface area contributed by atoms with Crippen molar-refractivity contribution in [2.24, 2.45) is 0 Å². The molecule has 0 unspecified atom stereocenters. The number of piperazine rings is 1. The Labute approximate surface area is 167 Å². The molecule has 0 saturated carbocycles. The number of rotatable bonds is 5. The molecule has 0 aliphatic carbocycles. The number of nitrogens with one attached hydrogen (secondary N) is 1. The monoisotopic (exact) mass is 392 g/mol. The SMILES string of the molecule is CC(C)N1CCN(C2CCN(C(=O)NCc3ccc(CO)c(F)c3)CC2)CC1. The van der Waals surface area contributed by atoms with Crippen LogP contribution < -0.4 is 5.32 Å². The number of amides is 2. The van der Waals surface area contributed by atoms with Crippen LogP contribution in [0.15, 0.2) is 18.2 Å². The van der Waals surface area contributed by atoms with E-state index in [1.54, 1.807) is 12.1 Å². The van der Waals surface area contributed by atoms with Crippen molar-refractivity contribution in [3.05, 3.63) is 35.1 Å². The summed E-state index contributed by atoms with van der Waals surface area (Å²) in [6.45, 7) is 10.5. The number of halogens is 1. The third-order valence-electron chi connectivity index (χ3n) is 6.08. The van der Waals surface area contributed by atoms with E-state index in [1.165, 1.54) is 6.07 Å². The predicted molar refractivity (Wildman–Crippen MR) is 107 cm³/mol. The number of hydrogen-bond donors (Lipinski definition) is 2. The van der Waals surface area contributed by atoms with Gasteiger partial charge in [-0.25, -0.2) is 9.18 Å². The Morgan fingerprint density at radius 2 is 1.86 bits per heavy atom. The Kier molecular flexibility index (Phi) is 7.26. The molecule has 2 aliphatic heterocycles. The van der Waals surface area contributed by atoms with Gasteiger partial charge in [-0.2, -0.15) is 0 Å². The van der Waals surface area contributed by atoms with Crippen LogP contribution >= 0.6 is 0 Å². The fraction of sp³-hybridized carbons (Fsp3) is 0.667. The maximum atomic E-state index is 13.7. The van der Waals surface area contributed by atoms with Gasteiger partial charge in [-0.15, -0.1) is 0 Å². The number of hydrogen-bond acceptors (Lipinski definition) is 4. The van der Waals surface area contributed by atoms with Gasteiger partial charge in [-0.05, 0) is 38.3 Å². The zero-order chi connectivity index (χ0) is 20.1. The highest BCUT2D eigenvalue weighted by molar-refractivity contribution is 5.74. The molecule has 2 fully saturated rings. The lowest BCUT2D eigenvalue weighted by atomic mass is 10.0. The van der Waals surface area contributed by atoms with E-state index in [4.69, 9.17) is 5.11 Å². The first-order valence-corrected chi connectivity index (χ1v) is 10.4. The largest absolute Gasteiger partial charge is 0.392 e. The first-order valence-electron chi connectivity index (χ1n) is 10.4. The fourth-order valence-electron chi connectivity index (χ4n) is 4.17. The lowest BCUT2D eigenvalue weighted by Crippen LogP contribution is -2.55. The molecule has 0 bridgehead atoms. The highest BCUT2D eigenvalue weighted by atomic mass is 19.1. The maximum Gasteiger partial charge on any atom is 0.317 e. The summed E-state index contributed by atoms with van der Waals surface area (Å²) in [5.74, 6) is -0.437.